The summed E-state index contributed by atoms with van der Waals surface area (Å²) in [6.45, 7) is 6.93. The molecule has 0 bridgehead atoms. The summed E-state index contributed by atoms with van der Waals surface area (Å²) in [5.74, 6) is -0.139. The van der Waals surface area contributed by atoms with Gasteiger partial charge in [0.2, 0.25) is 5.91 Å². The number of hydrogen-bond donors (Lipinski definition) is 2. The number of aromatic nitrogens is 2. The van der Waals surface area contributed by atoms with Crippen molar-refractivity contribution >= 4 is 29.3 Å². The van der Waals surface area contributed by atoms with Crippen molar-refractivity contribution in [2.75, 3.05) is 19.6 Å². The lowest BCUT2D eigenvalue weighted by atomic mass is 10.3. The summed E-state index contributed by atoms with van der Waals surface area (Å²) in [4.78, 5) is 24.4. The van der Waals surface area contributed by atoms with E-state index >= 15 is 0 Å². The second-order valence-electron chi connectivity index (χ2n) is 5.20. The number of carbonyl (C=O) groups excluding carboxylic acids is 1. The molecule has 23 heavy (non-hydrogen) atoms. The third-order valence-corrected chi connectivity index (χ3v) is 3.59. The van der Waals surface area contributed by atoms with Gasteiger partial charge in [0.15, 0.2) is 0 Å². The van der Waals surface area contributed by atoms with Gasteiger partial charge in [-0.05, 0) is 32.0 Å². The van der Waals surface area contributed by atoms with Crippen LogP contribution in [0.4, 0.5) is 0 Å². The van der Waals surface area contributed by atoms with Crippen LogP contribution in [0, 0.1) is 0 Å². The molecule has 2 rings (SSSR count). The molecule has 1 aromatic heterocycles. The number of amides is 1. The van der Waals surface area contributed by atoms with E-state index in [1.807, 2.05) is 31.2 Å². The van der Waals surface area contributed by atoms with Gasteiger partial charge in [0, 0.05) is 19.6 Å². The predicted octanol–water partition coefficient (Wildman–Crippen LogP) is 1.36. The van der Waals surface area contributed by atoms with E-state index in [0.717, 1.165) is 30.5 Å². The molecule has 0 saturated carbocycles. The quantitative estimate of drug-likeness (QED) is 0.713. The Morgan fingerprint density at radius 2 is 1.70 bits per heavy atom. The van der Waals surface area contributed by atoms with E-state index in [1.165, 1.54) is 4.57 Å². The number of nitrogens with zero attached hydrogens (tertiary/aromatic N) is 2. The molecular formula is C16H25ClN4O2. The smallest absolute Gasteiger partial charge is 0.329 e. The van der Waals surface area contributed by atoms with Crippen molar-refractivity contribution in [3.63, 3.8) is 0 Å². The van der Waals surface area contributed by atoms with Gasteiger partial charge in [-0.2, -0.15) is 0 Å². The van der Waals surface area contributed by atoms with Gasteiger partial charge in [-0.15, -0.1) is 12.4 Å². The molecule has 0 radical (unpaired) electrons. The second-order valence-corrected chi connectivity index (χ2v) is 5.20. The number of halogens is 1. The SMILES string of the molecule is CCCNCCNC(=O)Cn1c(=O)n(CC)c2ccccc21.Cl. The van der Waals surface area contributed by atoms with Gasteiger partial charge in [-0.25, -0.2) is 4.79 Å². The molecule has 2 aromatic rings. The van der Waals surface area contributed by atoms with E-state index in [0.29, 0.717) is 13.1 Å². The minimum absolute atomic E-state index is 0. The normalized spacial score (nSPS) is 10.5. The van der Waals surface area contributed by atoms with Gasteiger partial charge in [0.05, 0.1) is 11.0 Å². The molecule has 1 heterocycles. The number of imidazole rings is 1. The summed E-state index contributed by atoms with van der Waals surface area (Å²) in [6, 6.07) is 7.56. The Hall–Kier alpha value is -1.79. The number of para-hydroxylation sites is 2. The maximum Gasteiger partial charge on any atom is 0.329 e. The van der Waals surface area contributed by atoms with E-state index in [2.05, 4.69) is 17.6 Å². The molecule has 0 aliphatic rings. The van der Waals surface area contributed by atoms with Crippen LogP contribution in [0.15, 0.2) is 29.1 Å². The van der Waals surface area contributed by atoms with E-state index in [-0.39, 0.29) is 30.5 Å². The third kappa shape index (κ3) is 4.59. The van der Waals surface area contributed by atoms with Crippen LogP contribution >= 0.6 is 12.4 Å². The monoisotopic (exact) mass is 340 g/mol. The van der Waals surface area contributed by atoms with Crippen LogP contribution in [0.1, 0.15) is 20.3 Å². The Kier molecular flexibility index (Phi) is 7.85. The van der Waals surface area contributed by atoms with Crippen LogP contribution in [0.25, 0.3) is 11.0 Å². The van der Waals surface area contributed by atoms with Crippen molar-refractivity contribution in [1.82, 2.24) is 19.8 Å². The zero-order valence-corrected chi connectivity index (χ0v) is 14.5. The highest BCUT2D eigenvalue weighted by atomic mass is 35.5. The van der Waals surface area contributed by atoms with Gasteiger partial charge in [0.1, 0.15) is 6.54 Å². The minimum Gasteiger partial charge on any atom is -0.353 e. The second kappa shape index (κ2) is 9.37. The van der Waals surface area contributed by atoms with Crippen LogP contribution in [-0.2, 0) is 17.9 Å². The zero-order valence-electron chi connectivity index (χ0n) is 13.7. The van der Waals surface area contributed by atoms with Gasteiger partial charge >= 0.3 is 5.69 Å². The van der Waals surface area contributed by atoms with Crippen molar-refractivity contribution in [3.8, 4) is 0 Å². The summed E-state index contributed by atoms with van der Waals surface area (Å²) in [7, 11) is 0. The van der Waals surface area contributed by atoms with Crippen LogP contribution in [-0.4, -0.2) is 34.7 Å². The molecular weight excluding hydrogens is 316 g/mol. The fraction of sp³-hybridized carbons (Fsp3) is 0.500. The number of carbonyl (C=O) groups is 1. The summed E-state index contributed by atoms with van der Waals surface area (Å²) < 4.78 is 3.22. The first-order valence-electron chi connectivity index (χ1n) is 7.84. The molecule has 7 heteroatoms. The molecule has 0 aliphatic carbocycles. The first kappa shape index (κ1) is 19.3. The minimum atomic E-state index is -0.139. The first-order valence-corrected chi connectivity index (χ1v) is 7.84. The van der Waals surface area contributed by atoms with Crippen LogP contribution in [0.3, 0.4) is 0 Å². The Balaban J connectivity index is 0.00000264. The summed E-state index contributed by atoms with van der Waals surface area (Å²) in [5.41, 5.74) is 1.53. The van der Waals surface area contributed by atoms with Crippen molar-refractivity contribution in [2.45, 2.75) is 33.4 Å². The molecule has 0 saturated heterocycles. The zero-order chi connectivity index (χ0) is 15.9. The molecule has 0 aliphatic heterocycles. The lowest BCUT2D eigenvalue weighted by Crippen LogP contribution is -2.36. The van der Waals surface area contributed by atoms with E-state index < -0.39 is 0 Å². The summed E-state index contributed by atoms with van der Waals surface area (Å²) in [6.07, 6.45) is 1.07. The molecule has 0 fully saturated rings. The third-order valence-electron chi connectivity index (χ3n) is 3.59. The first-order chi connectivity index (χ1) is 10.7. The number of aryl methyl sites for hydroxylation is 1. The highest BCUT2D eigenvalue weighted by Crippen LogP contribution is 2.12. The fourth-order valence-corrected chi connectivity index (χ4v) is 2.52. The highest BCUT2D eigenvalue weighted by Gasteiger charge is 2.13. The van der Waals surface area contributed by atoms with Gasteiger partial charge in [0.25, 0.3) is 0 Å². The van der Waals surface area contributed by atoms with Crippen molar-refractivity contribution in [1.29, 1.82) is 0 Å². The van der Waals surface area contributed by atoms with Crippen molar-refractivity contribution in [2.24, 2.45) is 0 Å². The van der Waals surface area contributed by atoms with Gasteiger partial charge < -0.3 is 10.6 Å². The standard InChI is InChI=1S/C16H24N4O2.ClH/c1-3-9-17-10-11-18-15(21)12-20-14-8-6-5-7-13(14)19(4-2)16(20)22;/h5-8,17H,3-4,9-12H2,1-2H3,(H,18,21);1H. The molecule has 1 aromatic carbocycles. The Labute approximate surface area is 142 Å². The van der Waals surface area contributed by atoms with Crippen LogP contribution in [0.5, 0.6) is 0 Å². The lowest BCUT2D eigenvalue weighted by Gasteiger charge is -2.07. The van der Waals surface area contributed by atoms with Crippen LogP contribution < -0.4 is 16.3 Å². The molecule has 6 nitrogen and oxygen atoms in total. The Morgan fingerprint density at radius 3 is 2.30 bits per heavy atom. The van der Waals surface area contributed by atoms with Crippen LogP contribution in [0.2, 0.25) is 0 Å². The largest absolute Gasteiger partial charge is 0.353 e. The average molecular weight is 341 g/mol. The van der Waals surface area contributed by atoms with Crippen molar-refractivity contribution in [3.05, 3.63) is 34.7 Å². The number of rotatable bonds is 8. The maximum atomic E-state index is 12.4. The van der Waals surface area contributed by atoms with E-state index in [1.54, 1.807) is 4.57 Å². The lowest BCUT2D eigenvalue weighted by molar-refractivity contribution is -0.121. The van der Waals surface area contributed by atoms with Crippen molar-refractivity contribution < 1.29 is 4.79 Å². The van der Waals surface area contributed by atoms with E-state index in [9.17, 15) is 9.59 Å². The summed E-state index contributed by atoms with van der Waals surface area (Å²) >= 11 is 0. The highest BCUT2D eigenvalue weighted by molar-refractivity contribution is 5.85. The molecule has 2 N–H and O–H groups in total. The Bertz CT molecular complexity index is 693. The Morgan fingerprint density at radius 1 is 1.04 bits per heavy atom. The number of benzene rings is 1. The molecule has 0 atom stereocenters. The molecule has 0 spiro atoms. The summed E-state index contributed by atoms with van der Waals surface area (Å²) in [5, 5.41) is 6.06. The average Bonchev–Trinajstić information content (AvgIpc) is 2.79. The number of nitrogens with one attached hydrogen (secondary N) is 2. The van der Waals surface area contributed by atoms with Gasteiger partial charge in [-0.3, -0.25) is 13.9 Å². The predicted molar refractivity (Wildman–Crippen MR) is 95.3 cm³/mol. The number of fused-ring (bicyclic) bond motifs is 1. The molecule has 0 unspecified atom stereocenters. The number of hydrogen-bond acceptors (Lipinski definition) is 3. The van der Waals surface area contributed by atoms with E-state index in [4.69, 9.17) is 0 Å². The maximum absolute atomic E-state index is 12.4. The van der Waals surface area contributed by atoms with Gasteiger partial charge in [-0.1, -0.05) is 19.1 Å². The molecule has 1 amide bonds. The topological polar surface area (TPSA) is 68.1 Å². The molecule has 128 valence electrons. The fourth-order valence-electron chi connectivity index (χ4n) is 2.52.